The number of fused-ring (bicyclic) bond motifs is 1. The van der Waals surface area contributed by atoms with E-state index in [9.17, 15) is 19.2 Å². The molecule has 0 radical (unpaired) electrons. The minimum atomic E-state index is -1.13. The van der Waals surface area contributed by atoms with Crippen LogP contribution < -0.4 is 10.9 Å². The number of Topliss-reactive ketones (excluding diaryl/α,β-unsaturated/α-hetero) is 1. The minimum absolute atomic E-state index is 0.131. The molecular weight excluding hydrogens is 370 g/mol. The van der Waals surface area contributed by atoms with Gasteiger partial charge in [0.05, 0.1) is 6.20 Å². The SMILES string of the molecule is CC(=O)c1cccc(NC(=O)[C@H](C)OC(=O)c2cnc3n(c2=O)CCS3)c1. The summed E-state index contributed by atoms with van der Waals surface area (Å²) in [7, 11) is 0. The number of rotatable bonds is 5. The third kappa shape index (κ3) is 4.08. The second kappa shape index (κ2) is 7.75. The van der Waals surface area contributed by atoms with Crippen molar-refractivity contribution in [1.29, 1.82) is 0 Å². The Morgan fingerprint density at radius 3 is 2.85 bits per heavy atom. The number of carbonyl (C=O) groups is 3. The van der Waals surface area contributed by atoms with E-state index in [0.717, 1.165) is 5.75 Å². The van der Waals surface area contributed by atoms with Gasteiger partial charge in [-0.25, -0.2) is 9.78 Å². The predicted octanol–water partition coefficient (Wildman–Crippen LogP) is 1.74. The molecule has 1 aromatic carbocycles. The number of hydrogen-bond acceptors (Lipinski definition) is 7. The molecule has 1 aliphatic rings. The lowest BCUT2D eigenvalue weighted by Crippen LogP contribution is -2.33. The van der Waals surface area contributed by atoms with Crippen LogP contribution in [0.15, 0.2) is 40.4 Å². The van der Waals surface area contributed by atoms with Crippen molar-refractivity contribution < 1.29 is 19.1 Å². The van der Waals surface area contributed by atoms with Gasteiger partial charge in [0.15, 0.2) is 17.0 Å². The number of nitrogens with zero attached hydrogens (tertiary/aromatic N) is 2. The van der Waals surface area contributed by atoms with Crippen LogP contribution in [0.3, 0.4) is 0 Å². The zero-order chi connectivity index (χ0) is 19.6. The Morgan fingerprint density at radius 1 is 1.33 bits per heavy atom. The summed E-state index contributed by atoms with van der Waals surface area (Å²) in [5, 5.41) is 3.14. The number of anilines is 1. The highest BCUT2D eigenvalue weighted by molar-refractivity contribution is 7.99. The van der Waals surface area contributed by atoms with Crippen molar-refractivity contribution in [2.24, 2.45) is 0 Å². The number of ketones is 1. The summed E-state index contributed by atoms with van der Waals surface area (Å²) >= 11 is 1.44. The number of amides is 1. The van der Waals surface area contributed by atoms with Crippen LogP contribution in [0.25, 0.3) is 0 Å². The molecule has 3 rings (SSSR count). The Bertz CT molecular complexity index is 985. The van der Waals surface area contributed by atoms with Crippen LogP contribution in [0.4, 0.5) is 5.69 Å². The lowest BCUT2D eigenvalue weighted by atomic mass is 10.1. The Labute approximate surface area is 158 Å². The maximum Gasteiger partial charge on any atom is 0.346 e. The van der Waals surface area contributed by atoms with Gasteiger partial charge in [0, 0.05) is 23.5 Å². The highest BCUT2D eigenvalue weighted by Gasteiger charge is 2.24. The molecule has 0 saturated carbocycles. The fourth-order valence-corrected chi connectivity index (χ4v) is 3.41. The number of ether oxygens (including phenoxy) is 1. The van der Waals surface area contributed by atoms with E-state index in [1.54, 1.807) is 18.2 Å². The zero-order valence-corrected chi connectivity index (χ0v) is 15.5. The summed E-state index contributed by atoms with van der Waals surface area (Å²) in [6, 6.07) is 6.42. The summed E-state index contributed by atoms with van der Waals surface area (Å²) < 4.78 is 6.53. The quantitative estimate of drug-likeness (QED) is 0.473. The fourth-order valence-electron chi connectivity index (χ4n) is 2.49. The van der Waals surface area contributed by atoms with Crippen LogP contribution in [0.5, 0.6) is 0 Å². The molecule has 2 heterocycles. The summed E-state index contributed by atoms with van der Waals surface area (Å²) in [4.78, 5) is 52.3. The molecule has 1 aromatic heterocycles. The lowest BCUT2D eigenvalue weighted by molar-refractivity contribution is -0.123. The molecule has 0 unspecified atom stereocenters. The first-order valence-corrected chi connectivity index (χ1v) is 9.21. The van der Waals surface area contributed by atoms with Crippen LogP contribution in [0.2, 0.25) is 0 Å². The van der Waals surface area contributed by atoms with Gasteiger partial charge in [0.1, 0.15) is 5.56 Å². The molecule has 1 aliphatic heterocycles. The normalized spacial score (nSPS) is 13.6. The second-order valence-corrected chi connectivity index (χ2v) is 7.00. The molecule has 1 N–H and O–H groups in total. The highest BCUT2D eigenvalue weighted by atomic mass is 32.2. The average Bonchev–Trinajstić information content (AvgIpc) is 3.11. The van der Waals surface area contributed by atoms with Crippen LogP contribution in [-0.4, -0.2) is 39.1 Å². The smallest absolute Gasteiger partial charge is 0.346 e. The second-order valence-electron chi connectivity index (χ2n) is 5.93. The van der Waals surface area contributed by atoms with E-state index in [1.165, 1.54) is 42.4 Å². The zero-order valence-electron chi connectivity index (χ0n) is 14.7. The van der Waals surface area contributed by atoms with Crippen molar-refractivity contribution >= 4 is 35.1 Å². The van der Waals surface area contributed by atoms with Crippen molar-refractivity contribution in [3.05, 3.63) is 51.9 Å². The van der Waals surface area contributed by atoms with Crippen molar-refractivity contribution in [3.8, 4) is 0 Å². The summed E-state index contributed by atoms with van der Waals surface area (Å²) in [6.45, 7) is 3.30. The molecule has 0 fully saturated rings. The number of hydrogen-bond donors (Lipinski definition) is 1. The molecule has 140 valence electrons. The van der Waals surface area contributed by atoms with Crippen LogP contribution >= 0.6 is 11.8 Å². The maximum atomic E-state index is 12.3. The molecule has 0 saturated heterocycles. The average molecular weight is 387 g/mol. The first kappa shape index (κ1) is 18.8. The van der Waals surface area contributed by atoms with Crippen LogP contribution in [-0.2, 0) is 16.1 Å². The van der Waals surface area contributed by atoms with Crippen molar-refractivity contribution in [2.75, 3.05) is 11.1 Å². The first-order chi connectivity index (χ1) is 12.9. The van der Waals surface area contributed by atoms with E-state index in [2.05, 4.69) is 10.3 Å². The monoisotopic (exact) mass is 387 g/mol. The van der Waals surface area contributed by atoms with Crippen LogP contribution in [0.1, 0.15) is 34.6 Å². The number of carbonyl (C=O) groups excluding carboxylic acids is 3. The molecule has 2 aromatic rings. The van der Waals surface area contributed by atoms with Gasteiger partial charge in [-0.2, -0.15) is 0 Å². The summed E-state index contributed by atoms with van der Waals surface area (Å²) in [5.74, 6) is -0.888. The summed E-state index contributed by atoms with van der Waals surface area (Å²) in [6.07, 6.45) is 0.0426. The number of aromatic nitrogens is 2. The number of esters is 1. The molecule has 0 aliphatic carbocycles. The van der Waals surface area contributed by atoms with E-state index >= 15 is 0 Å². The number of benzene rings is 1. The van der Waals surface area contributed by atoms with Crippen LogP contribution in [0, 0.1) is 0 Å². The highest BCUT2D eigenvalue weighted by Crippen LogP contribution is 2.20. The molecule has 27 heavy (non-hydrogen) atoms. The molecule has 8 nitrogen and oxygen atoms in total. The van der Waals surface area contributed by atoms with E-state index in [-0.39, 0.29) is 11.3 Å². The Hall–Kier alpha value is -2.94. The first-order valence-electron chi connectivity index (χ1n) is 8.22. The predicted molar refractivity (Wildman–Crippen MR) is 99.2 cm³/mol. The standard InChI is InChI=1S/C18H17N3O5S/c1-10(22)12-4-3-5-13(8-12)20-15(23)11(2)26-17(25)14-9-19-18-21(16(14)24)6-7-27-18/h3-5,8-9,11H,6-7H2,1-2H3,(H,20,23)/t11-/m0/s1. The number of nitrogens with one attached hydrogen (secondary N) is 1. The molecule has 0 spiro atoms. The maximum absolute atomic E-state index is 12.3. The molecule has 1 amide bonds. The molecule has 1 atom stereocenters. The van der Waals surface area contributed by atoms with Gasteiger partial charge in [0.2, 0.25) is 0 Å². The molecular formula is C18H17N3O5S. The van der Waals surface area contributed by atoms with E-state index in [4.69, 9.17) is 4.74 Å². The fraction of sp³-hybridized carbons (Fsp3) is 0.278. The van der Waals surface area contributed by atoms with Gasteiger partial charge >= 0.3 is 5.97 Å². The van der Waals surface area contributed by atoms with Gasteiger partial charge in [-0.1, -0.05) is 23.9 Å². The van der Waals surface area contributed by atoms with Gasteiger partial charge in [-0.3, -0.25) is 19.0 Å². The third-order valence-corrected chi connectivity index (χ3v) is 4.94. The van der Waals surface area contributed by atoms with E-state index in [1.807, 2.05) is 0 Å². The van der Waals surface area contributed by atoms with Gasteiger partial charge in [-0.05, 0) is 26.0 Å². The molecule has 9 heteroatoms. The van der Waals surface area contributed by atoms with E-state index in [0.29, 0.717) is 23.0 Å². The summed E-state index contributed by atoms with van der Waals surface area (Å²) in [5.41, 5.74) is 0.177. The topological polar surface area (TPSA) is 107 Å². The minimum Gasteiger partial charge on any atom is -0.449 e. The molecule has 0 bridgehead atoms. The van der Waals surface area contributed by atoms with Crippen molar-refractivity contribution in [2.45, 2.75) is 31.7 Å². The Balaban J connectivity index is 1.68. The lowest BCUT2D eigenvalue weighted by Gasteiger charge is -2.14. The Morgan fingerprint density at radius 2 is 2.11 bits per heavy atom. The Kier molecular flexibility index (Phi) is 5.41. The van der Waals surface area contributed by atoms with Gasteiger partial charge < -0.3 is 10.1 Å². The van der Waals surface area contributed by atoms with E-state index < -0.39 is 23.5 Å². The van der Waals surface area contributed by atoms with Crippen molar-refractivity contribution in [1.82, 2.24) is 9.55 Å². The van der Waals surface area contributed by atoms with Crippen molar-refractivity contribution in [3.63, 3.8) is 0 Å². The third-order valence-electron chi connectivity index (χ3n) is 3.97. The van der Waals surface area contributed by atoms with Gasteiger partial charge in [-0.15, -0.1) is 0 Å². The largest absolute Gasteiger partial charge is 0.449 e. The van der Waals surface area contributed by atoms with Gasteiger partial charge in [0.25, 0.3) is 11.5 Å². The number of thioether (sulfide) groups is 1.